The summed E-state index contributed by atoms with van der Waals surface area (Å²) in [7, 11) is 0. The first-order chi connectivity index (χ1) is 6.20. The molecule has 0 aliphatic carbocycles. The van der Waals surface area contributed by atoms with Crippen LogP contribution in [0.15, 0.2) is 24.0 Å². The standard InChI is InChI=1S/C9H13N3O/c1-7(9(10)13)3-2-4-8-11-5-6-12-8/h3,5-6H,2,4H2,1H3,(H2,10,13)(H,11,12). The van der Waals surface area contributed by atoms with E-state index in [0.717, 1.165) is 18.7 Å². The molecule has 0 saturated carbocycles. The van der Waals surface area contributed by atoms with Crippen molar-refractivity contribution in [2.24, 2.45) is 5.73 Å². The van der Waals surface area contributed by atoms with Crippen LogP contribution < -0.4 is 5.73 Å². The van der Waals surface area contributed by atoms with Crippen molar-refractivity contribution >= 4 is 5.91 Å². The van der Waals surface area contributed by atoms with Gasteiger partial charge in [-0.1, -0.05) is 6.08 Å². The van der Waals surface area contributed by atoms with Crippen molar-refractivity contribution in [1.29, 1.82) is 0 Å². The van der Waals surface area contributed by atoms with E-state index in [1.54, 1.807) is 19.3 Å². The van der Waals surface area contributed by atoms with E-state index >= 15 is 0 Å². The van der Waals surface area contributed by atoms with Crippen LogP contribution in [0.2, 0.25) is 0 Å². The lowest BCUT2D eigenvalue weighted by atomic mass is 10.2. The lowest BCUT2D eigenvalue weighted by molar-refractivity contribution is -0.114. The molecular weight excluding hydrogens is 166 g/mol. The van der Waals surface area contributed by atoms with Crippen molar-refractivity contribution < 1.29 is 4.79 Å². The highest BCUT2D eigenvalue weighted by Crippen LogP contribution is 1.99. The van der Waals surface area contributed by atoms with Crippen LogP contribution in [0.3, 0.4) is 0 Å². The van der Waals surface area contributed by atoms with E-state index in [2.05, 4.69) is 9.97 Å². The fourth-order valence-corrected chi connectivity index (χ4v) is 0.961. The number of carbonyl (C=O) groups is 1. The second kappa shape index (κ2) is 4.45. The molecule has 0 saturated heterocycles. The molecule has 1 aromatic rings. The molecule has 0 unspecified atom stereocenters. The Labute approximate surface area is 76.9 Å². The third-order valence-electron chi connectivity index (χ3n) is 1.78. The molecule has 0 aliphatic rings. The molecule has 1 amide bonds. The second-order valence-electron chi connectivity index (χ2n) is 2.83. The Hall–Kier alpha value is -1.58. The molecule has 0 radical (unpaired) electrons. The maximum Gasteiger partial charge on any atom is 0.244 e. The van der Waals surface area contributed by atoms with E-state index in [4.69, 9.17) is 5.73 Å². The first-order valence-electron chi connectivity index (χ1n) is 4.15. The molecule has 3 N–H and O–H groups in total. The van der Waals surface area contributed by atoms with Crippen LogP contribution in [0.25, 0.3) is 0 Å². The smallest absolute Gasteiger partial charge is 0.244 e. The summed E-state index contributed by atoms with van der Waals surface area (Å²) < 4.78 is 0. The van der Waals surface area contributed by atoms with Gasteiger partial charge >= 0.3 is 0 Å². The highest BCUT2D eigenvalue weighted by molar-refractivity contribution is 5.91. The number of nitrogens with two attached hydrogens (primary N) is 1. The van der Waals surface area contributed by atoms with Crippen LogP contribution in [0, 0.1) is 0 Å². The van der Waals surface area contributed by atoms with E-state index in [9.17, 15) is 4.79 Å². The van der Waals surface area contributed by atoms with Gasteiger partial charge in [-0.25, -0.2) is 4.98 Å². The Balaban J connectivity index is 2.36. The number of imidazole rings is 1. The van der Waals surface area contributed by atoms with E-state index in [0.29, 0.717) is 5.57 Å². The Morgan fingerprint density at radius 3 is 3.08 bits per heavy atom. The number of nitrogens with one attached hydrogen (secondary N) is 1. The number of carbonyl (C=O) groups excluding carboxylic acids is 1. The summed E-state index contributed by atoms with van der Waals surface area (Å²) in [4.78, 5) is 17.7. The predicted octanol–water partition coefficient (Wildman–Crippen LogP) is 0.774. The predicted molar refractivity (Wildman–Crippen MR) is 49.9 cm³/mol. The molecule has 1 aromatic heterocycles. The number of aromatic nitrogens is 2. The third-order valence-corrected chi connectivity index (χ3v) is 1.78. The molecule has 0 fully saturated rings. The van der Waals surface area contributed by atoms with E-state index in [1.807, 2.05) is 6.08 Å². The van der Waals surface area contributed by atoms with Crippen molar-refractivity contribution in [1.82, 2.24) is 9.97 Å². The zero-order chi connectivity index (χ0) is 9.68. The Bertz CT molecular complexity index is 301. The fourth-order valence-electron chi connectivity index (χ4n) is 0.961. The molecule has 70 valence electrons. The number of hydrogen-bond acceptors (Lipinski definition) is 2. The summed E-state index contributed by atoms with van der Waals surface area (Å²) in [5.41, 5.74) is 5.67. The molecule has 1 heterocycles. The Kier molecular flexibility index (Phi) is 3.25. The van der Waals surface area contributed by atoms with Crippen LogP contribution in [0.1, 0.15) is 19.2 Å². The van der Waals surface area contributed by atoms with Crippen LogP contribution in [0.4, 0.5) is 0 Å². The number of aromatic amines is 1. The van der Waals surface area contributed by atoms with Crippen molar-refractivity contribution in [3.63, 3.8) is 0 Å². The average molecular weight is 179 g/mol. The third kappa shape index (κ3) is 3.11. The van der Waals surface area contributed by atoms with Gasteiger partial charge in [0.2, 0.25) is 5.91 Å². The average Bonchev–Trinajstić information content (AvgIpc) is 2.56. The zero-order valence-electron chi connectivity index (χ0n) is 7.58. The van der Waals surface area contributed by atoms with E-state index in [1.165, 1.54) is 0 Å². The van der Waals surface area contributed by atoms with Gasteiger partial charge in [0, 0.05) is 24.4 Å². The van der Waals surface area contributed by atoms with Gasteiger partial charge in [-0.05, 0) is 13.3 Å². The lowest BCUT2D eigenvalue weighted by Gasteiger charge is -1.94. The van der Waals surface area contributed by atoms with Gasteiger partial charge in [0.15, 0.2) is 0 Å². The normalized spacial score (nSPS) is 11.6. The lowest BCUT2D eigenvalue weighted by Crippen LogP contribution is -2.11. The van der Waals surface area contributed by atoms with Gasteiger partial charge in [-0.15, -0.1) is 0 Å². The topological polar surface area (TPSA) is 71.8 Å². The first kappa shape index (κ1) is 9.51. The SMILES string of the molecule is CC(=CCCc1ncc[nH]1)C(N)=O. The summed E-state index contributed by atoms with van der Waals surface area (Å²) in [6.45, 7) is 1.71. The molecule has 0 aromatic carbocycles. The van der Waals surface area contributed by atoms with E-state index in [-0.39, 0.29) is 5.91 Å². The minimum absolute atomic E-state index is 0.362. The number of rotatable bonds is 4. The Morgan fingerprint density at radius 2 is 2.54 bits per heavy atom. The molecule has 4 nitrogen and oxygen atoms in total. The van der Waals surface area contributed by atoms with Gasteiger partial charge in [0.25, 0.3) is 0 Å². The molecular formula is C9H13N3O. The molecule has 13 heavy (non-hydrogen) atoms. The summed E-state index contributed by atoms with van der Waals surface area (Å²) in [6, 6.07) is 0. The van der Waals surface area contributed by atoms with Crippen LogP contribution in [-0.2, 0) is 11.2 Å². The van der Waals surface area contributed by atoms with Gasteiger partial charge < -0.3 is 10.7 Å². The zero-order valence-corrected chi connectivity index (χ0v) is 7.58. The largest absolute Gasteiger partial charge is 0.366 e. The number of allylic oxidation sites excluding steroid dienone is 1. The monoisotopic (exact) mass is 179 g/mol. The number of primary amides is 1. The van der Waals surface area contributed by atoms with Gasteiger partial charge in [-0.2, -0.15) is 0 Å². The highest BCUT2D eigenvalue weighted by atomic mass is 16.1. The quantitative estimate of drug-likeness (QED) is 0.670. The molecule has 0 spiro atoms. The van der Waals surface area contributed by atoms with Crippen molar-refractivity contribution in [3.8, 4) is 0 Å². The minimum atomic E-state index is -0.362. The first-order valence-corrected chi connectivity index (χ1v) is 4.15. The van der Waals surface area contributed by atoms with Crippen LogP contribution >= 0.6 is 0 Å². The number of nitrogens with zero attached hydrogens (tertiary/aromatic N) is 1. The molecule has 4 heteroatoms. The fraction of sp³-hybridized carbons (Fsp3) is 0.333. The summed E-state index contributed by atoms with van der Waals surface area (Å²) in [5, 5.41) is 0. The number of hydrogen-bond donors (Lipinski definition) is 2. The highest BCUT2D eigenvalue weighted by Gasteiger charge is 1.96. The second-order valence-corrected chi connectivity index (χ2v) is 2.83. The van der Waals surface area contributed by atoms with Gasteiger partial charge in [0.1, 0.15) is 5.82 Å². The number of aryl methyl sites for hydroxylation is 1. The van der Waals surface area contributed by atoms with Gasteiger partial charge in [0.05, 0.1) is 0 Å². The van der Waals surface area contributed by atoms with E-state index < -0.39 is 0 Å². The van der Waals surface area contributed by atoms with Crippen LogP contribution in [-0.4, -0.2) is 15.9 Å². The molecule has 0 bridgehead atoms. The number of H-pyrrole nitrogens is 1. The summed E-state index contributed by atoms with van der Waals surface area (Å²) in [6.07, 6.45) is 6.89. The maximum atomic E-state index is 10.6. The Morgan fingerprint density at radius 1 is 1.77 bits per heavy atom. The van der Waals surface area contributed by atoms with Crippen molar-refractivity contribution in [3.05, 3.63) is 29.9 Å². The molecule has 0 aliphatic heterocycles. The summed E-state index contributed by atoms with van der Waals surface area (Å²) >= 11 is 0. The minimum Gasteiger partial charge on any atom is -0.366 e. The summed E-state index contributed by atoms with van der Waals surface area (Å²) in [5.74, 6) is 0.563. The van der Waals surface area contributed by atoms with Crippen molar-refractivity contribution in [2.75, 3.05) is 0 Å². The van der Waals surface area contributed by atoms with Crippen molar-refractivity contribution in [2.45, 2.75) is 19.8 Å². The maximum absolute atomic E-state index is 10.6. The van der Waals surface area contributed by atoms with Gasteiger partial charge in [-0.3, -0.25) is 4.79 Å². The van der Waals surface area contributed by atoms with Crippen LogP contribution in [0.5, 0.6) is 0 Å². The molecule has 0 atom stereocenters. The molecule has 1 rings (SSSR count). The number of amides is 1.